The minimum atomic E-state index is -1.87. The summed E-state index contributed by atoms with van der Waals surface area (Å²) in [5.74, 6) is -2.31. The summed E-state index contributed by atoms with van der Waals surface area (Å²) in [5.41, 5.74) is -3.62. The molecule has 1 aliphatic rings. The summed E-state index contributed by atoms with van der Waals surface area (Å²) in [6.45, 7) is 8.55. The predicted octanol–water partition coefficient (Wildman–Crippen LogP) is 1.88. The van der Waals surface area contributed by atoms with Crippen LogP contribution in [0.2, 0.25) is 0 Å². The van der Waals surface area contributed by atoms with E-state index in [1.54, 1.807) is 41.5 Å². The van der Waals surface area contributed by atoms with E-state index in [0.29, 0.717) is 0 Å². The molecule has 0 radical (unpaired) electrons. The van der Waals surface area contributed by atoms with Gasteiger partial charge in [0.25, 0.3) is 0 Å². The van der Waals surface area contributed by atoms with Gasteiger partial charge < -0.3 is 29.4 Å². The molecule has 0 aromatic heterocycles. The van der Waals surface area contributed by atoms with E-state index in [1.165, 1.54) is 13.2 Å². The van der Waals surface area contributed by atoms with E-state index in [1.807, 2.05) is 0 Å². The second-order valence-corrected chi connectivity index (χ2v) is 8.92. The highest BCUT2D eigenvalue weighted by atomic mass is 16.7. The zero-order chi connectivity index (χ0) is 23.3. The van der Waals surface area contributed by atoms with Gasteiger partial charge in [-0.15, -0.1) is 0 Å². The number of hydrogen-bond acceptors (Lipinski definition) is 9. The fourth-order valence-electron chi connectivity index (χ4n) is 2.83. The average molecular weight is 429 g/mol. The van der Waals surface area contributed by atoms with Gasteiger partial charge in [-0.05, 0) is 41.5 Å². The first kappa shape index (κ1) is 25.4. The molecule has 0 heterocycles. The number of nitrogens with one attached hydrogen (secondary N) is 1. The summed E-state index contributed by atoms with van der Waals surface area (Å²) in [4.78, 5) is 49.5. The molecule has 2 N–H and O–H groups in total. The summed E-state index contributed by atoms with van der Waals surface area (Å²) in [7, 11) is 1.18. The van der Waals surface area contributed by atoms with Crippen molar-refractivity contribution in [3.8, 4) is 0 Å². The van der Waals surface area contributed by atoms with Crippen molar-refractivity contribution in [3.05, 3.63) is 11.6 Å². The monoisotopic (exact) mass is 429 g/mol. The number of hydrogen-bond donors (Lipinski definition) is 2. The molecular weight excluding hydrogens is 398 g/mol. The van der Waals surface area contributed by atoms with Crippen molar-refractivity contribution in [2.24, 2.45) is 5.92 Å². The van der Waals surface area contributed by atoms with Crippen molar-refractivity contribution < 1.29 is 43.2 Å². The van der Waals surface area contributed by atoms with Crippen LogP contribution in [0, 0.1) is 5.92 Å². The van der Waals surface area contributed by atoms with Crippen LogP contribution in [-0.2, 0) is 28.5 Å². The summed E-state index contributed by atoms with van der Waals surface area (Å²) in [5, 5.41) is 12.0. The van der Waals surface area contributed by atoms with Crippen molar-refractivity contribution in [2.45, 2.75) is 64.7 Å². The molecule has 30 heavy (non-hydrogen) atoms. The number of amides is 1. The van der Waals surface area contributed by atoms with E-state index in [4.69, 9.17) is 14.2 Å². The van der Waals surface area contributed by atoms with Crippen molar-refractivity contribution in [1.82, 2.24) is 5.32 Å². The molecule has 10 heteroatoms. The van der Waals surface area contributed by atoms with Gasteiger partial charge in [-0.25, -0.2) is 9.59 Å². The molecular formula is C20H31NO9. The molecule has 1 rings (SSSR count). The fourth-order valence-corrected chi connectivity index (χ4v) is 2.83. The molecule has 170 valence electrons. The minimum Gasteiger partial charge on any atom is -0.469 e. The van der Waals surface area contributed by atoms with Gasteiger partial charge in [-0.3, -0.25) is 9.59 Å². The first-order chi connectivity index (χ1) is 13.6. The molecule has 0 unspecified atom stereocenters. The van der Waals surface area contributed by atoms with Crippen molar-refractivity contribution in [3.63, 3.8) is 0 Å². The number of aliphatic hydroxyl groups is 1. The largest absolute Gasteiger partial charge is 0.508 e. The molecule has 0 aliphatic heterocycles. The van der Waals surface area contributed by atoms with Gasteiger partial charge in [0.05, 0.1) is 20.1 Å². The highest BCUT2D eigenvalue weighted by Crippen LogP contribution is 2.35. The Hall–Kier alpha value is -2.62. The zero-order valence-electron chi connectivity index (χ0n) is 18.5. The number of Topliss-reactive ketones (excluding diaryl/α,β-unsaturated/α-hetero) is 1. The predicted molar refractivity (Wildman–Crippen MR) is 105 cm³/mol. The number of esters is 1. The lowest BCUT2D eigenvalue weighted by Crippen LogP contribution is -2.61. The number of aliphatic hydroxyl groups excluding tert-OH is 1. The third-order valence-electron chi connectivity index (χ3n) is 4.05. The minimum absolute atomic E-state index is 0.0345. The number of ether oxygens (including phenoxy) is 4. The molecule has 0 aromatic carbocycles. The molecule has 1 amide bonds. The Bertz CT molecular complexity index is 715. The second-order valence-electron chi connectivity index (χ2n) is 8.92. The summed E-state index contributed by atoms with van der Waals surface area (Å²) < 4.78 is 20.1. The third kappa shape index (κ3) is 7.01. The van der Waals surface area contributed by atoms with Gasteiger partial charge in [0.1, 0.15) is 23.3 Å². The van der Waals surface area contributed by atoms with Crippen molar-refractivity contribution >= 4 is 24.0 Å². The van der Waals surface area contributed by atoms with Crippen LogP contribution >= 0.6 is 0 Å². The highest BCUT2D eigenvalue weighted by Gasteiger charge is 2.54. The highest BCUT2D eigenvalue weighted by molar-refractivity contribution is 6.08. The molecule has 10 nitrogen and oxygen atoms in total. The smallest absolute Gasteiger partial charge is 0.469 e. The van der Waals surface area contributed by atoms with E-state index < -0.39 is 59.9 Å². The van der Waals surface area contributed by atoms with Crippen LogP contribution in [0.4, 0.5) is 9.59 Å². The maximum absolute atomic E-state index is 13.1. The van der Waals surface area contributed by atoms with Crippen LogP contribution < -0.4 is 5.32 Å². The normalized spacial score (nSPS) is 21.5. The molecule has 2 atom stereocenters. The lowest BCUT2D eigenvalue weighted by atomic mass is 9.83. The first-order valence-electron chi connectivity index (χ1n) is 9.43. The van der Waals surface area contributed by atoms with E-state index in [9.17, 15) is 24.3 Å². The standard InChI is InChI=1S/C20H31NO9/c1-18(2,3)29-16(25)21-20(11-28-17(26)30-19(4,5)6)13(9-14(23)27-7)8-12(10-22)15(20)24/h8,13,22H,9-11H2,1-7H3,(H,21,25)/t13-,20+/m0/s1. The van der Waals surface area contributed by atoms with Gasteiger partial charge in [-0.2, -0.15) is 0 Å². The quantitative estimate of drug-likeness (QED) is 0.479. The summed E-state index contributed by atoms with van der Waals surface area (Å²) in [6.07, 6.45) is -0.963. The number of methoxy groups -OCH3 is 1. The Kier molecular flexibility index (Phi) is 8.02. The van der Waals surface area contributed by atoms with E-state index in [2.05, 4.69) is 10.1 Å². The topological polar surface area (TPSA) is 137 Å². The zero-order valence-corrected chi connectivity index (χ0v) is 18.5. The summed E-state index contributed by atoms with van der Waals surface area (Å²) in [6, 6.07) is 0. The first-order valence-corrected chi connectivity index (χ1v) is 9.43. The third-order valence-corrected chi connectivity index (χ3v) is 4.05. The SMILES string of the molecule is COC(=O)C[C@@H]1C=C(CO)C(=O)[C@]1(COC(=O)OC(C)(C)C)NC(=O)OC(C)(C)C. The Morgan fingerprint density at radius 2 is 1.67 bits per heavy atom. The Labute approximate surface area is 175 Å². The molecule has 0 saturated carbocycles. The fraction of sp³-hybridized carbons (Fsp3) is 0.700. The molecule has 0 fully saturated rings. The number of ketones is 1. The maximum Gasteiger partial charge on any atom is 0.508 e. The lowest BCUT2D eigenvalue weighted by molar-refractivity contribution is -0.142. The molecule has 1 aliphatic carbocycles. The van der Waals surface area contributed by atoms with E-state index in [0.717, 1.165) is 0 Å². The Morgan fingerprint density at radius 1 is 1.10 bits per heavy atom. The van der Waals surface area contributed by atoms with Crippen molar-refractivity contribution in [1.29, 1.82) is 0 Å². The van der Waals surface area contributed by atoms with Crippen LogP contribution in [0.5, 0.6) is 0 Å². The molecule has 0 spiro atoms. The van der Waals surface area contributed by atoms with E-state index in [-0.39, 0.29) is 12.0 Å². The van der Waals surface area contributed by atoms with Crippen LogP contribution in [-0.4, -0.2) is 66.2 Å². The number of rotatable bonds is 6. The molecule has 0 bridgehead atoms. The van der Waals surface area contributed by atoms with Crippen LogP contribution in [0.15, 0.2) is 11.6 Å². The number of alkyl carbamates (subject to hydrolysis) is 1. The van der Waals surface area contributed by atoms with Crippen LogP contribution in [0.3, 0.4) is 0 Å². The van der Waals surface area contributed by atoms with Gasteiger partial charge in [0.2, 0.25) is 0 Å². The molecule has 0 aromatic rings. The Balaban J connectivity index is 3.25. The van der Waals surface area contributed by atoms with Crippen LogP contribution in [0.25, 0.3) is 0 Å². The van der Waals surface area contributed by atoms with Gasteiger partial charge in [-0.1, -0.05) is 6.08 Å². The maximum atomic E-state index is 13.1. The second kappa shape index (κ2) is 9.46. The summed E-state index contributed by atoms with van der Waals surface area (Å²) >= 11 is 0. The van der Waals surface area contributed by atoms with Gasteiger partial charge >= 0.3 is 18.2 Å². The Morgan fingerprint density at radius 3 is 2.13 bits per heavy atom. The van der Waals surface area contributed by atoms with Crippen molar-refractivity contribution in [2.75, 3.05) is 20.3 Å². The van der Waals surface area contributed by atoms with Gasteiger partial charge in [0.15, 0.2) is 5.78 Å². The lowest BCUT2D eigenvalue weighted by Gasteiger charge is -2.35. The average Bonchev–Trinajstić information content (AvgIpc) is 2.82. The van der Waals surface area contributed by atoms with Gasteiger partial charge in [0, 0.05) is 11.5 Å². The van der Waals surface area contributed by atoms with Crippen LogP contribution in [0.1, 0.15) is 48.0 Å². The number of carbonyl (C=O) groups excluding carboxylic acids is 4. The molecule has 0 saturated heterocycles. The van der Waals surface area contributed by atoms with E-state index >= 15 is 0 Å². The number of carbonyl (C=O) groups is 4.